The quantitative estimate of drug-likeness (QED) is 0.203. The second kappa shape index (κ2) is 9.27. The van der Waals surface area contributed by atoms with Gasteiger partial charge in [0.1, 0.15) is 16.8 Å². The highest BCUT2D eigenvalue weighted by atomic mass is 79.9. The van der Waals surface area contributed by atoms with Crippen LogP contribution in [0.5, 0.6) is 0 Å². The fourth-order valence-electron chi connectivity index (χ4n) is 3.11. The molecule has 0 spiro atoms. The fourth-order valence-corrected chi connectivity index (χ4v) is 5.11. The Kier molecular flexibility index (Phi) is 6.59. The Morgan fingerprint density at radius 2 is 1.52 bits per heavy atom. The van der Waals surface area contributed by atoms with E-state index >= 15 is 0 Å². The van der Waals surface area contributed by atoms with Crippen molar-refractivity contribution in [2.24, 2.45) is 0 Å². The van der Waals surface area contributed by atoms with E-state index in [2.05, 4.69) is 15.9 Å². The van der Waals surface area contributed by atoms with Crippen LogP contribution < -0.4 is 5.43 Å². The minimum Gasteiger partial charge on any atom is -0.463 e. The molecule has 0 aliphatic rings. The third-order valence-corrected chi connectivity index (χ3v) is 7.56. The molecule has 0 radical (unpaired) electrons. The van der Waals surface area contributed by atoms with E-state index in [0.717, 1.165) is 12.3 Å². The molecular formula is C24H13BrCl2O5S. The second-order valence-electron chi connectivity index (χ2n) is 6.96. The molecule has 1 aromatic heterocycles. The Bertz CT molecular complexity index is 1570. The Morgan fingerprint density at radius 1 is 0.909 bits per heavy atom. The predicted octanol–water partition coefficient (Wildman–Crippen LogP) is 6.56. The topological polar surface area (TPSA) is 81.4 Å². The van der Waals surface area contributed by atoms with Crippen molar-refractivity contribution in [3.05, 3.63) is 114 Å². The molecule has 9 heteroatoms. The molecule has 0 bridgehead atoms. The van der Waals surface area contributed by atoms with E-state index in [9.17, 15) is 18.0 Å². The van der Waals surface area contributed by atoms with E-state index in [1.807, 2.05) is 0 Å². The van der Waals surface area contributed by atoms with Gasteiger partial charge in [0.05, 0.1) is 15.8 Å². The number of ketones is 1. The average Bonchev–Trinajstić information content (AvgIpc) is 2.79. The second-order valence-corrected chi connectivity index (χ2v) is 10.7. The Labute approximate surface area is 207 Å². The first-order valence-electron chi connectivity index (χ1n) is 9.40. The van der Waals surface area contributed by atoms with E-state index in [1.54, 1.807) is 18.2 Å². The molecule has 0 N–H and O–H groups in total. The first-order chi connectivity index (χ1) is 15.7. The van der Waals surface area contributed by atoms with Gasteiger partial charge in [-0.25, -0.2) is 8.42 Å². The van der Waals surface area contributed by atoms with Gasteiger partial charge in [-0.15, -0.1) is 0 Å². The number of hydrogen-bond donors (Lipinski definition) is 0. The van der Waals surface area contributed by atoms with Crippen LogP contribution in [0.25, 0.3) is 17.0 Å². The lowest BCUT2D eigenvalue weighted by atomic mass is 10.1. The molecule has 4 rings (SSSR count). The number of rotatable bonds is 5. The van der Waals surface area contributed by atoms with Crippen molar-refractivity contribution in [3.63, 3.8) is 0 Å². The number of hydrogen-bond acceptors (Lipinski definition) is 5. The summed E-state index contributed by atoms with van der Waals surface area (Å²) >= 11 is 15.1. The highest BCUT2D eigenvalue weighted by Gasteiger charge is 2.28. The van der Waals surface area contributed by atoms with E-state index in [4.69, 9.17) is 27.6 Å². The molecule has 4 aromatic rings. The molecule has 5 nitrogen and oxygen atoms in total. The Morgan fingerprint density at radius 3 is 2.15 bits per heavy atom. The summed E-state index contributed by atoms with van der Waals surface area (Å²) in [4.78, 5) is 25.6. The van der Waals surface area contributed by atoms with Crippen molar-refractivity contribution in [1.29, 1.82) is 0 Å². The molecule has 1 heterocycles. The molecule has 3 aromatic carbocycles. The summed E-state index contributed by atoms with van der Waals surface area (Å²) in [6.07, 6.45) is 2.16. The van der Waals surface area contributed by atoms with Crippen LogP contribution in [-0.2, 0) is 9.84 Å². The van der Waals surface area contributed by atoms with Crippen LogP contribution in [0.2, 0.25) is 10.0 Å². The van der Waals surface area contributed by atoms with Crippen LogP contribution in [0.3, 0.4) is 0 Å². The van der Waals surface area contributed by atoms with Gasteiger partial charge in [-0.1, -0.05) is 39.1 Å². The van der Waals surface area contributed by atoms with Crippen molar-refractivity contribution in [2.75, 3.05) is 0 Å². The molecule has 166 valence electrons. The first kappa shape index (κ1) is 23.4. The standard InChI is InChI=1S/C24H13BrCl2O5S/c25-16-3-10-21-20(12-16)23(28)15(13-32-21)11-22(24(29)14-1-4-17(26)5-2-14)33(30,31)19-8-6-18(27)7-9-19/h1-13H/b22-11-. The summed E-state index contributed by atoms with van der Waals surface area (Å²) < 4.78 is 33.1. The molecule has 33 heavy (non-hydrogen) atoms. The van der Waals surface area contributed by atoms with Gasteiger partial charge in [-0.05, 0) is 72.8 Å². The number of Topliss-reactive ketones (excluding diaryl/α,β-unsaturated/α-hetero) is 1. The summed E-state index contributed by atoms with van der Waals surface area (Å²) in [7, 11) is -4.32. The zero-order chi connectivity index (χ0) is 23.8. The third-order valence-electron chi connectivity index (χ3n) is 4.79. The van der Waals surface area contributed by atoms with Crippen molar-refractivity contribution < 1.29 is 17.6 Å². The van der Waals surface area contributed by atoms with Gasteiger partial charge in [-0.3, -0.25) is 9.59 Å². The lowest BCUT2D eigenvalue weighted by Crippen LogP contribution is -2.16. The van der Waals surface area contributed by atoms with E-state index in [0.29, 0.717) is 20.1 Å². The van der Waals surface area contributed by atoms with Gasteiger partial charge in [0, 0.05) is 20.1 Å². The number of halogens is 3. The monoisotopic (exact) mass is 562 g/mol. The maximum absolute atomic E-state index is 13.5. The molecule has 0 atom stereocenters. The largest absolute Gasteiger partial charge is 0.463 e. The number of allylic oxidation sites excluding steroid dienone is 1. The molecule has 0 saturated heterocycles. The van der Waals surface area contributed by atoms with Gasteiger partial charge in [0.25, 0.3) is 0 Å². The summed E-state index contributed by atoms with van der Waals surface area (Å²) in [6, 6.07) is 16.0. The fraction of sp³-hybridized carbons (Fsp3) is 0. The first-order valence-corrected chi connectivity index (χ1v) is 12.4. The van der Waals surface area contributed by atoms with Crippen molar-refractivity contribution >= 4 is 71.8 Å². The van der Waals surface area contributed by atoms with Gasteiger partial charge >= 0.3 is 0 Å². The molecule has 0 saturated carbocycles. The maximum Gasteiger partial charge on any atom is 0.210 e. The molecular weight excluding hydrogens is 551 g/mol. The van der Waals surface area contributed by atoms with Crippen LogP contribution in [0.15, 0.2) is 96.5 Å². The molecule has 0 aliphatic carbocycles. The van der Waals surface area contributed by atoms with E-state index in [-0.39, 0.29) is 21.4 Å². The smallest absolute Gasteiger partial charge is 0.210 e. The Hall–Kier alpha value is -2.71. The molecule has 0 amide bonds. The zero-order valence-corrected chi connectivity index (χ0v) is 20.5. The molecule has 0 aliphatic heterocycles. The normalized spacial score (nSPS) is 12.2. The van der Waals surface area contributed by atoms with Crippen LogP contribution in [-0.4, -0.2) is 14.2 Å². The number of carbonyl (C=O) groups excluding carboxylic acids is 1. The minimum absolute atomic E-state index is 0.0875. The van der Waals surface area contributed by atoms with Gasteiger partial charge < -0.3 is 4.42 Å². The van der Waals surface area contributed by atoms with E-state index < -0.39 is 26.0 Å². The van der Waals surface area contributed by atoms with Gasteiger partial charge in [0.2, 0.25) is 15.6 Å². The average molecular weight is 564 g/mol. The van der Waals surface area contributed by atoms with Crippen LogP contribution >= 0.6 is 39.1 Å². The summed E-state index contributed by atoms with van der Waals surface area (Å²) in [5.41, 5.74) is -0.150. The molecule has 0 unspecified atom stereocenters. The highest BCUT2D eigenvalue weighted by Crippen LogP contribution is 2.27. The van der Waals surface area contributed by atoms with E-state index in [1.165, 1.54) is 48.5 Å². The van der Waals surface area contributed by atoms with Crippen molar-refractivity contribution in [3.8, 4) is 0 Å². The number of fused-ring (bicyclic) bond motifs is 1. The predicted molar refractivity (Wildman–Crippen MR) is 133 cm³/mol. The van der Waals surface area contributed by atoms with Gasteiger partial charge in [-0.2, -0.15) is 0 Å². The lowest BCUT2D eigenvalue weighted by molar-refractivity contribution is 0.104. The summed E-state index contributed by atoms with van der Waals surface area (Å²) in [6.45, 7) is 0. The van der Waals surface area contributed by atoms with Crippen molar-refractivity contribution in [1.82, 2.24) is 0 Å². The molecule has 0 fully saturated rings. The van der Waals surface area contributed by atoms with Crippen LogP contribution in [0, 0.1) is 0 Å². The number of benzene rings is 3. The third kappa shape index (κ3) is 4.82. The SMILES string of the molecule is O=C(/C(=C/c1coc2ccc(Br)cc2c1=O)S(=O)(=O)c1ccc(Cl)cc1)c1ccc(Cl)cc1. The summed E-state index contributed by atoms with van der Waals surface area (Å²) in [5, 5.41) is 0.961. The van der Waals surface area contributed by atoms with Crippen molar-refractivity contribution in [2.45, 2.75) is 4.90 Å². The maximum atomic E-state index is 13.5. The number of sulfone groups is 1. The highest BCUT2D eigenvalue weighted by molar-refractivity contribution is 9.10. The van der Waals surface area contributed by atoms with Crippen LogP contribution in [0.1, 0.15) is 15.9 Å². The van der Waals surface area contributed by atoms with Gasteiger partial charge in [0.15, 0.2) is 5.43 Å². The van der Waals surface area contributed by atoms with Crippen LogP contribution in [0.4, 0.5) is 0 Å². The minimum atomic E-state index is -4.32. The lowest BCUT2D eigenvalue weighted by Gasteiger charge is -2.10. The number of carbonyl (C=O) groups is 1. The summed E-state index contributed by atoms with van der Waals surface area (Å²) in [5.74, 6) is -0.796. The zero-order valence-electron chi connectivity index (χ0n) is 16.6. The Balaban J connectivity index is 1.95.